The molecule has 0 fully saturated rings. The predicted octanol–water partition coefficient (Wildman–Crippen LogP) is 3.09. The van der Waals surface area contributed by atoms with Crippen molar-refractivity contribution in [2.24, 2.45) is 0 Å². The second kappa shape index (κ2) is 4.49. The summed E-state index contributed by atoms with van der Waals surface area (Å²) in [6.07, 6.45) is 2.78. The Hall–Kier alpha value is -1.28. The van der Waals surface area contributed by atoms with E-state index in [-0.39, 0.29) is 0 Å². The molecule has 0 amide bonds. The number of aryl methyl sites for hydroxylation is 2. The zero-order valence-corrected chi connectivity index (χ0v) is 9.41. The minimum Gasteiger partial charge on any atom is -0.319 e. The predicted molar refractivity (Wildman–Crippen MR) is 62.1 cm³/mol. The van der Waals surface area contributed by atoms with E-state index < -0.39 is 0 Å². The number of hydrogen-bond donors (Lipinski definition) is 0. The Balaban J connectivity index is 2.05. The zero-order valence-electron chi connectivity index (χ0n) is 8.65. The topological polar surface area (TPSA) is 17.8 Å². The van der Waals surface area contributed by atoms with Crippen molar-refractivity contribution in [2.45, 2.75) is 19.9 Å². The molecule has 78 valence electrons. The molecule has 1 aromatic heterocycles. The number of imidazole rings is 1. The molecule has 15 heavy (non-hydrogen) atoms. The maximum absolute atomic E-state index is 5.96. The molecular weight excluding hydrogens is 208 g/mol. The van der Waals surface area contributed by atoms with Crippen LogP contribution in [0.4, 0.5) is 0 Å². The Morgan fingerprint density at radius 3 is 2.60 bits per heavy atom. The summed E-state index contributed by atoms with van der Waals surface area (Å²) >= 11 is 5.96. The molecule has 0 aliphatic rings. The second-order valence-corrected chi connectivity index (χ2v) is 3.89. The molecule has 2 aromatic rings. The SMILES string of the molecule is Cc1cnc(Cl)n1CCc1ccccc1. The average Bonchev–Trinajstić information content (AvgIpc) is 2.58. The summed E-state index contributed by atoms with van der Waals surface area (Å²) in [5.41, 5.74) is 2.43. The van der Waals surface area contributed by atoms with Gasteiger partial charge in [-0.15, -0.1) is 0 Å². The van der Waals surface area contributed by atoms with Crippen molar-refractivity contribution in [1.29, 1.82) is 0 Å². The Labute approximate surface area is 94.5 Å². The Morgan fingerprint density at radius 1 is 1.27 bits per heavy atom. The van der Waals surface area contributed by atoms with Crippen LogP contribution in [-0.2, 0) is 13.0 Å². The van der Waals surface area contributed by atoms with E-state index in [0.717, 1.165) is 18.7 Å². The van der Waals surface area contributed by atoms with Gasteiger partial charge in [-0.3, -0.25) is 0 Å². The van der Waals surface area contributed by atoms with E-state index in [2.05, 4.69) is 29.2 Å². The molecule has 0 bridgehead atoms. The molecule has 2 rings (SSSR count). The fourth-order valence-corrected chi connectivity index (χ4v) is 1.85. The summed E-state index contributed by atoms with van der Waals surface area (Å²) < 4.78 is 2.02. The first kappa shape index (κ1) is 10.2. The zero-order chi connectivity index (χ0) is 10.7. The van der Waals surface area contributed by atoms with Crippen molar-refractivity contribution in [3.8, 4) is 0 Å². The van der Waals surface area contributed by atoms with Gasteiger partial charge in [-0.05, 0) is 30.5 Å². The van der Waals surface area contributed by atoms with E-state index >= 15 is 0 Å². The Kier molecular flexibility index (Phi) is 3.07. The first-order valence-corrected chi connectivity index (χ1v) is 5.37. The summed E-state index contributed by atoms with van der Waals surface area (Å²) in [5, 5.41) is 0.573. The van der Waals surface area contributed by atoms with Gasteiger partial charge in [0, 0.05) is 18.4 Å². The summed E-state index contributed by atoms with van der Waals surface area (Å²) in [6, 6.07) is 10.4. The minimum atomic E-state index is 0.573. The van der Waals surface area contributed by atoms with E-state index in [9.17, 15) is 0 Å². The van der Waals surface area contributed by atoms with Gasteiger partial charge in [-0.1, -0.05) is 30.3 Å². The summed E-state index contributed by atoms with van der Waals surface area (Å²) in [7, 11) is 0. The lowest BCUT2D eigenvalue weighted by Crippen LogP contribution is -2.03. The van der Waals surface area contributed by atoms with Crippen LogP contribution in [0.3, 0.4) is 0 Å². The summed E-state index contributed by atoms with van der Waals surface area (Å²) in [6.45, 7) is 2.90. The van der Waals surface area contributed by atoms with Crippen LogP contribution in [0.15, 0.2) is 36.5 Å². The van der Waals surface area contributed by atoms with Crippen molar-refractivity contribution in [1.82, 2.24) is 9.55 Å². The van der Waals surface area contributed by atoms with Gasteiger partial charge in [-0.2, -0.15) is 0 Å². The molecule has 0 spiro atoms. The molecule has 0 atom stereocenters. The van der Waals surface area contributed by atoms with Crippen molar-refractivity contribution in [3.63, 3.8) is 0 Å². The minimum absolute atomic E-state index is 0.573. The number of rotatable bonds is 3. The fraction of sp³-hybridized carbons (Fsp3) is 0.250. The quantitative estimate of drug-likeness (QED) is 0.778. The van der Waals surface area contributed by atoms with Gasteiger partial charge in [0.15, 0.2) is 0 Å². The first-order chi connectivity index (χ1) is 7.27. The third-order valence-electron chi connectivity index (χ3n) is 2.47. The highest BCUT2D eigenvalue weighted by molar-refractivity contribution is 6.28. The second-order valence-electron chi connectivity index (χ2n) is 3.56. The maximum Gasteiger partial charge on any atom is 0.202 e. The van der Waals surface area contributed by atoms with E-state index in [1.165, 1.54) is 5.56 Å². The highest BCUT2D eigenvalue weighted by Gasteiger charge is 2.03. The molecule has 0 aliphatic heterocycles. The smallest absolute Gasteiger partial charge is 0.202 e. The number of halogens is 1. The van der Waals surface area contributed by atoms with Crippen molar-refractivity contribution < 1.29 is 0 Å². The van der Waals surface area contributed by atoms with Crippen molar-refractivity contribution in [3.05, 3.63) is 53.1 Å². The van der Waals surface area contributed by atoms with Crippen LogP contribution >= 0.6 is 11.6 Å². The van der Waals surface area contributed by atoms with Crippen molar-refractivity contribution >= 4 is 11.6 Å². The number of aromatic nitrogens is 2. The van der Waals surface area contributed by atoms with Gasteiger partial charge in [0.2, 0.25) is 5.28 Å². The van der Waals surface area contributed by atoms with Gasteiger partial charge >= 0.3 is 0 Å². The molecule has 2 nitrogen and oxygen atoms in total. The van der Waals surface area contributed by atoms with Crippen LogP contribution in [0.5, 0.6) is 0 Å². The highest BCUT2D eigenvalue weighted by Crippen LogP contribution is 2.11. The average molecular weight is 221 g/mol. The summed E-state index contributed by atoms with van der Waals surface area (Å²) in [5.74, 6) is 0. The van der Waals surface area contributed by atoms with Crippen LogP contribution < -0.4 is 0 Å². The molecular formula is C12H13ClN2. The van der Waals surface area contributed by atoms with Crippen LogP contribution in [0.1, 0.15) is 11.3 Å². The van der Waals surface area contributed by atoms with Crippen LogP contribution in [-0.4, -0.2) is 9.55 Å². The van der Waals surface area contributed by atoms with E-state index in [4.69, 9.17) is 11.6 Å². The molecule has 0 radical (unpaired) electrons. The molecule has 3 heteroatoms. The molecule has 0 unspecified atom stereocenters. The lowest BCUT2D eigenvalue weighted by atomic mass is 10.1. The molecule has 1 heterocycles. The number of benzene rings is 1. The van der Waals surface area contributed by atoms with Crippen LogP contribution in [0.25, 0.3) is 0 Å². The van der Waals surface area contributed by atoms with E-state index in [1.54, 1.807) is 6.20 Å². The van der Waals surface area contributed by atoms with Gasteiger partial charge < -0.3 is 4.57 Å². The van der Waals surface area contributed by atoms with Crippen molar-refractivity contribution in [2.75, 3.05) is 0 Å². The van der Waals surface area contributed by atoms with Crippen LogP contribution in [0.2, 0.25) is 5.28 Å². The summed E-state index contributed by atoms with van der Waals surface area (Å²) in [4.78, 5) is 4.06. The molecule has 0 saturated heterocycles. The Morgan fingerprint density at radius 2 is 2.00 bits per heavy atom. The normalized spacial score (nSPS) is 10.5. The maximum atomic E-state index is 5.96. The third-order valence-corrected chi connectivity index (χ3v) is 2.77. The van der Waals surface area contributed by atoms with Gasteiger partial charge in [0.25, 0.3) is 0 Å². The lowest BCUT2D eigenvalue weighted by molar-refractivity contribution is 0.679. The van der Waals surface area contributed by atoms with E-state index in [1.807, 2.05) is 17.6 Å². The molecule has 0 aliphatic carbocycles. The fourth-order valence-electron chi connectivity index (χ4n) is 1.59. The Bertz CT molecular complexity index is 415. The number of nitrogens with zero attached hydrogens (tertiary/aromatic N) is 2. The lowest BCUT2D eigenvalue weighted by Gasteiger charge is -2.06. The van der Waals surface area contributed by atoms with Gasteiger partial charge in [-0.25, -0.2) is 4.98 Å². The largest absolute Gasteiger partial charge is 0.319 e. The monoisotopic (exact) mass is 220 g/mol. The standard InChI is InChI=1S/C12H13ClN2/c1-10-9-14-12(13)15(10)8-7-11-5-3-2-4-6-11/h2-6,9H,7-8H2,1H3. The highest BCUT2D eigenvalue weighted by atomic mass is 35.5. The van der Waals surface area contributed by atoms with Gasteiger partial charge in [0.1, 0.15) is 0 Å². The van der Waals surface area contributed by atoms with E-state index in [0.29, 0.717) is 5.28 Å². The number of hydrogen-bond acceptors (Lipinski definition) is 1. The van der Waals surface area contributed by atoms with Gasteiger partial charge in [0.05, 0.1) is 0 Å². The van der Waals surface area contributed by atoms with Crippen LogP contribution in [0, 0.1) is 6.92 Å². The first-order valence-electron chi connectivity index (χ1n) is 4.99. The molecule has 0 saturated carbocycles. The third kappa shape index (κ3) is 2.39. The molecule has 0 N–H and O–H groups in total. The molecule has 1 aromatic carbocycles.